The van der Waals surface area contributed by atoms with E-state index < -0.39 is 5.67 Å². The molecule has 0 radical (unpaired) electrons. The molecule has 1 aromatic rings. The maximum Gasteiger partial charge on any atom is 0.160 e. The highest BCUT2D eigenvalue weighted by Crippen LogP contribution is 2.25. The van der Waals surface area contributed by atoms with Gasteiger partial charge in [-0.15, -0.1) is 0 Å². The molecule has 0 aliphatic carbocycles. The van der Waals surface area contributed by atoms with Gasteiger partial charge in [0, 0.05) is 85.3 Å². The molecular formula is C63H109FN6O5. The zero-order valence-corrected chi connectivity index (χ0v) is 49.8. The second kappa shape index (κ2) is 34.0. The van der Waals surface area contributed by atoms with E-state index in [4.69, 9.17) is 0 Å². The lowest BCUT2D eigenvalue weighted by atomic mass is 9.90. The molecule has 1 aromatic heterocycles. The van der Waals surface area contributed by atoms with Crippen LogP contribution in [0.1, 0.15) is 170 Å². The Kier molecular flexibility index (Phi) is 32.2. The average molecular weight is 1050 g/mol. The van der Waals surface area contributed by atoms with Crippen LogP contribution in [0.4, 0.5) is 4.39 Å². The van der Waals surface area contributed by atoms with Crippen LogP contribution in [0.5, 0.6) is 0 Å². The van der Waals surface area contributed by atoms with Crippen LogP contribution >= 0.6 is 0 Å². The molecule has 5 rings (SSSR count). The molecule has 5 heterocycles. The fraction of sp³-hybridized carbons (Fsp3) is 0.714. The number of ketones is 5. The molecule has 0 saturated carbocycles. The molecule has 4 aliphatic rings. The number of rotatable bonds is 15. The van der Waals surface area contributed by atoms with Gasteiger partial charge >= 0.3 is 0 Å². The van der Waals surface area contributed by atoms with E-state index in [0.29, 0.717) is 26.1 Å². The number of hydrogen-bond donors (Lipinski definition) is 0. The molecule has 4 saturated heterocycles. The molecule has 12 heteroatoms. The van der Waals surface area contributed by atoms with Crippen molar-refractivity contribution in [2.24, 2.45) is 33.0 Å². The van der Waals surface area contributed by atoms with Gasteiger partial charge in [-0.3, -0.25) is 48.3 Å². The lowest BCUT2D eigenvalue weighted by Gasteiger charge is -2.24. The first kappa shape index (κ1) is 71.0. The highest BCUT2D eigenvalue weighted by molar-refractivity contribution is 5.95. The summed E-state index contributed by atoms with van der Waals surface area (Å²) in [7, 11) is 0. The van der Waals surface area contributed by atoms with Crippen molar-refractivity contribution in [2.45, 2.75) is 182 Å². The minimum atomic E-state index is -1.05. The normalized spacial score (nSPS) is 20.5. The average Bonchev–Trinajstić information content (AvgIpc) is 4.14. The van der Waals surface area contributed by atoms with Crippen LogP contribution in [-0.2, 0) is 30.5 Å². The monoisotopic (exact) mass is 1050 g/mol. The van der Waals surface area contributed by atoms with Gasteiger partial charge < -0.3 is 0 Å². The predicted molar refractivity (Wildman–Crippen MR) is 314 cm³/mol. The first-order valence-corrected chi connectivity index (χ1v) is 27.7. The van der Waals surface area contributed by atoms with Crippen LogP contribution in [0.2, 0.25) is 0 Å². The highest BCUT2D eigenvalue weighted by Gasteiger charge is 2.33. The second-order valence-corrected chi connectivity index (χ2v) is 26.2. The minimum Gasteiger partial charge on any atom is -0.300 e. The van der Waals surface area contributed by atoms with Crippen molar-refractivity contribution in [1.82, 2.24) is 29.4 Å². The van der Waals surface area contributed by atoms with Crippen LogP contribution in [0.25, 0.3) is 0 Å². The van der Waals surface area contributed by atoms with Crippen molar-refractivity contribution in [2.75, 3.05) is 78.5 Å². The molecule has 4 fully saturated rings. The number of aromatic nitrogens is 2. The maximum absolute atomic E-state index is 13.5. The van der Waals surface area contributed by atoms with E-state index in [-0.39, 0.29) is 63.4 Å². The van der Waals surface area contributed by atoms with Crippen LogP contribution < -0.4 is 0 Å². The Bertz CT molecular complexity index is 1930. The minimum absolute atomic E-state index is 0. The number of carbonyl (C=O) groups excluding carboxylic acids is 5. The van der Waals surface area contributed by atoms with Crippen molar-refractivity contribution >= 4 is 28.9 Å². The summed E-state index contributed by atoms with van der Waals surface area (Å²) >= 11 is 0. The molecule has 0 N–H and O–H groups in total. The van der Waals surface area contributed by atoms with Gasteiger partial charge in [-0.25, -0.2) is 4.39 Å². The Morgan fingerprint density at radius 2 is 0.840 bits per heavy atom. The van der Waals surface area contributed by atoms with E-state index in [0.717, 1.165) is 32.1 Å². The van der Waals surface area contributed by atoms with Gasteiger partial charge in [0.15, 0.2) is 28.9 Å². The van der Waals surface area contributed by atoms with Crippen LogP contribution in [0.3, 0.4) is 0 Å². The molecule has 0 spiro atoms. The molecule has 0 aromatic carbocycles. The Balaban J connectivity index is 0.000000910. The van der Waals surface area contributed by atoms with Gasteiger partial charge in [0.1, 0.15) is 5.67 Å². The smallest absolute Gasteiger partial charge is 0.160 e. The summed E-state index contributed by atoms with van der Waals surface area (Å²) in [6.07, 6.45) is 30.2. The molecule has 428 valence electrons. The van der Waals surface area contributed by atoms with Crippen LogP contribution in [0.15, 0.2) is 79.2 Å². The third-order valence-electron chi connectivity index (χ3n) is 13.0. The standard InChI is InChI=1S/C13H22FNO.2C13H23NO.C12H21NO.C11H16N2O.CH4/c1-12(2,3)11(16)6-5-8-15-9-7-13(4,14)10-15;1-11-7-9-14(10-11)8-5-6-12(15)13(2,3)4;1-13(2,3)12(15)8-7-11-14-9-5-4-6-10-14;1-12(2,3)11(14)7-6-10-13-8-4-5-9-13;1-11(2,3)10(14)6-4-8-13-9-5-7-12-13;/h5-6H,7-10H2,1-4H3;5-6,11H,7-10H2,1-4H3;7-8H,4-6,9-11H2,1-3H3;6-7H,4-5,8-10H2,1-3H3;4-7,9H,8H2,1-3H3;1H4/b2*6-5+;8-7+;7-6+;6-4+;. The number of likely N-dealkylation sites (tertiary alicyclic amines) is 4. The summed E-state index contributed by atoms with van der Waals surface area (Å²) in [6, 6.07) is 1.86. The van der Waals surface area contributed by atoms with E-state index in [1.54, 1.807) is 48.2 Å². The van der Waals surface area contributed by atoms with Crippen LogP contribution in [-0.4, -0.2) is 143 Å². The highest BCUT2D eigenvalue weighted by atomic mass is 19.1. The largest absolute Gasteiger partial charge is 0.300 e. The Morgan fingerprint density at radius 1 is 0.507 bits per heavy atom. The quantitative estimate of drug-likeness (QED) is 0.157. The van der Waals surface area contributed by atoms with Crippen molar-refractivity contribution in [3.63, 3.8) is 0 Å². The van der Waals surface area contributed by atoms with Crippen LogP contribution in [0, 0.1) is 33.0 Å². The van der Waals surface area contributed by atoms with Crippen molar-refractivity contribution in [1.29, 1.82) is 0 Å². The molecule has 2 unspecified atom stereocenters. The predicted octanol–water partition coefficient (Wildman–Crippen LogP) is 12.7. The maximum atomic E-state index is 13.5. The van der Waals surface area contributed by atoms with E-state index >= 15 is 0 Å². The number of nitrogens with zero attached hydrogens (tertiary/aromatic N) is 6. The molecular weight excluding hydrogens is 940 g/mol. The molecule has 4 aliphatic heterocycles. The topological polar surface area (TPSA) is 116 Å². The third-order valence-corrected chi connectivity index (χ3v) is 13.0. The summed E-state index contributed by atoms with van der Waals surface area (Å²) < 4.78 is 15.3. The second-order valence-electron chi connectivity index (χ2n) is 26.2. The van der Waals surface area contributed by atoms with Gasteiger partial charge in [-0.2, -0.15) is 5.10 Å². The zero-order chi connectivity index (χ0) is 56.4. The van der Waals surface area contributed by atoms with E-state index in [2.05, 4.69) is 26.7 Å². The fourth-order valence-corrected chi connectivity index (χ4v) is 7.63. The van der Waals surface area contributed by atoms with E-state index in [1.165, 1.54) is 77.8 Å². The molecule has 2 atom stereocenters. The zero-order valence-electron chi connectivity index (χ0n) is 49.8. The van der Waals surface area contributed by atoms with Crippen molar-refractivity contribution < 1.29 is 28.4 Å². The number of hydrogen-bond acceptors (Lipinski definition) is 10. The molecule has 75 heavy (non-hydrogen) atoms. The lowest BCUT2D eigenvalue weighted by Crippen LogP contribution is -2.30. The Hall–Kier alpha value is -3.97. The Morgan fingerprint density at radius 3 is 1.13 bits per heavy atom. The number of piperidine rings is 1. The van der Waals surface area contributed by atoms with Crippen molar-refractivity contribution in [3.8, 4) is 0 Å². The summed E-state index contributed by atoms with van der Waals surface area (Å²) in [5.74, 6) is 1.74. The molecule has 0 bridgehead atoms. The Labute approximate surface area is 458 Å². The number of allylic oxidation sites excluding steroid dienone is 6. The summed E-state index contributed by atoms with van der Waals surface area (Å²) in [4.78, 5) is 67.0. The van der Waals surface area contributed by atoms with Gasteiger partial charge in [0.2, 0.25) is 0 Å². The number of carbonyl (C=O) groups is 5. The fourth-order valence-electron chi connectivity index (χ4n) is 7.63. The summed E-state index contributed by atoms with van der Waals surface area (Å²) in [5.41, 5.74) is -2.38. The third kappa shape index (κ3) is 33.7. The van der Waals surface area contributed by atoms with Crippen molar-refractivity contribution in [3.05, 3.63) is 79.2 Å². The summed E-state index contributed by atoms with van der Waals surface area (Å²) in [5, 5.41) is 4.03. The lowest BCUT2D eigenvalue weighted by molar-refractivity contribution is -0.122. The SMILES string of the molecule is C.CC(C)(C)C(=O)/C=C/CN1CCCC1.CC(C)(C)C(=O)/C=C/CN1CCCCC1.CC(C)(C)C(=O)/C=C/Cn1cccn1.CC1(F)CCN(C/C=C/C(=O)C(C)(C)C)C1.CC1CCN(C/C=C/C(=O)C(C)(C)C)C1. The molecule has 11 nitrogen and oxygen atoms in total. The number of alkyl halides is 1. The van der Waals surface area contributed by atoms with Gasteiger partial charge in [-0.1, -0.05) is 155 Å². The van der Waals surface area contributed by atoms with E-state index in [9.17, 15) is 28.4 Å². The summed E-state index contributed by atoms with van der Waals surface area (Å²) in [6.45, 7) is 45.4. The van der Waals surface area contributed by atoms with E-state index in [1.807, 2.05) is 151 Å². The van der Waals surface area contributed by atoms with Gasteiger partial charge in [-0.05, 0) is 121 Å². The number of halogens is 1. The first-order chi connectivity index (χ1) is 34.1. The van der Waals surface area contributed by atoms with Gasteiger partial charge in [0.05, 0.1) is 6.54 Å². The van der Waals surface area contributed by atoms with Gasteiger partial charge in [0.25, 0.3) is 0 Å². The molecule has 0 amide bonds. The first-order valence-electron chi connectivity index (χ1n) is 27.7.